The highest BCUT2D eigenvalue weighted by Gasteiger charge is 2.06. The summed E-state index contributed by atoms with van der Waals surface area (Å²) >= 11 is 7.36. The monoisotopic (exact) mass is 247 g/mol. The van der Waals surface area contributed by atoms with Gasteiger partial charge in [0, 0.05) is 5.75 Å². The first-order chi connectivity index (χ1) is 7.15. The Kier molecular flexibility index (Phi) is 5.43. The molecule has 0 spiro atoms. The van der Waals surface area contributed by atoms with Crippen LogP contribution in [0.5, 0.6) is 0 Å². The number of rotatable bonds is 5. The zero-order valence-electron chi connectivity index (χ0n) is 8.67. The Morgan fingerprint density at radius 1 is 1.53 bits per heavy atom. The molecule has 1 rings (SSSR count). The lowest BCUT2D eigenvalue weighted by molar-refractivity contribution is 0.617. The molecule has 0 fully saturated rings. The van der Waals surface area contributed by atoms with E-state index in [2.05, 4.69) is 6.92 Å². The van der Waals surface area contributed by atoms with Crippen molar-refractivity contribution in [3.05, 3.63) is 34.6 Å². The summed E-state index contributed by atoms with van der Waals surface area (Å²) in [5.74, 6) is 1.77. The number of hydrogen-bond donors (Lipinski definition) is 1. The molecule has 0 bridgehead atoms. The molecule has 2 N–H and O–H groups in total. The summed E-state index contributed by atoms with van der Waals surface area (Å²) in [5, 5.41) is 0.194. The summed E-state index contributed by atoms with van der Waals surface area (Å²) in [7, 11) is 0. The Morgan fingerprint density at radius 3 is 2.93 bits per heavy atom. The Hall–Kier alpha value is -0.250. The molecule has 0 aliphatic heterocycles. The highest BCUT2D eigenvalue weighted by atomic mass is 35.5. The highest BCUT2D eigenvalue weighted by Crippen LogP contribution is 2.22. The number of hydrogen-bond acceptors (Lipinski definition) is 2. The molecule has 1 aromatic carbocycles. The van der Waals surface area contributed by atoms with Crippen LogP contribution in [0.4, 0.5) is 4.39 Å². The number of thioether (sulfide) groups is 1. The molecule has 0 aliphatic rings. The van der Waals surface area contributed by atoms with E-state index in [1.165, 1.54) is 0 Å². The van der Waals surface area contributed by atoms with Crippen molar-refractivity contribution >= 4 is 23.4 Å². The third kappa shape index (κ3) is 4.01. The Bertz CT molecular complexity index is 319. The fraction of sp³-hybridized carbons (Fsp3) is 0.455. The first-order valence-electron chi connectivity index (χ1n) is 4.85. The lowest BCUT2D eigenvalue weighted by atomic mass is 10.2. The van der Waals surface area contributed by atoms with Crippen molar-refractivity contribution in [1.82, 2.24) is 0 Å². The molecule has 0 amide bonds. The third-order valence-electron chi connectivity index (χ3n) is 2.09. The van der Waals surface area contributed by atoms with Gasteiger partial charge in [0.15, 0.2) is 0 Å². The van der Waals surface area contributed by atoms with Crippen molar-refractivity contribution in [1.29, 1.82) is 0 Å². The maximum Gasteiger partial charge on any atom is 0.145 e. The quantitative estimate of drug-likeness (QED) is 0.864. The molecule has 15 heavy (non-hydrogen) atoms. The largest absolute Gasteiger partial charge is 0.330 e. The van der Waals surface area contributed by atoms with E-state index in [1.54, 1.807) is 30.0 Å². The predicted octanol–water partition coefficient (Wildman–Crippen LogP) is 3.31. The van der Waals surface area contributed by atoms with Gasteiger partial charge in [-0.1, -0.05) is 30.7 Å². The molecule has 0 saturated carbocycles. The zero-order valence-corrected chi connectivity index (χ0v) is 10.2. The van der Waals surface area contributed by atoms with Gasteiger partial charge in [-0.2, -0.15) is 11.8 Å². The molecule has 0 aromatic heterocycles. The standard InChI is InChI=1S/C11H15ClFNS/c1-8(5-14)6-15-7-9-3-2-4-10(12)11(9)13/h2-4,8H,5-7,14H2,1H3. The van der Waals surface area contributed by atoms with Gasteiger partial charge in [0.25, 0.3) is 0 Å². The Morgan fingerprint density at radius 2 is 2.27 bits per heavy atom. The summed E-state index contributed by atoms with van der Waals surface area (Å²) in [6.45, 7) is 2.76. The summed E-state index contributed by atoms with van der Waals surface area (Å²) in [6, 6.07) is 5.10. The van der Waals surface area contributed by atoms with Crippen LogP contribution in [0.15, 0.2) is 18.2 Å². The summed E-state index contributed by atoms with van der Waals surface area (Å²) < 4.78 is 13.4. The van der Waals surface area contributed by atoms with Gasteiger partial charge < -0.3 is 5.73 Å². The van der Waals surface area contributed by atoms with Crippen LogP contribution in [-0.2, 0) is 5.75 Å². The van der Waals surface area contributed by atoms with Crippen LogP contribution in [0.2, 0.25) is 5.02 Å². The topological polar surface area (TPSA) is 26.0 Å². The van der Waals surface area contributed by atoms with Crippen LogP contribution in [0.25, 0.3) is 0 Å². The van der Waals surface area contributed by atoms with Gasteiger partial charge in [-0.05, 0) is 29.8 Å². The van der Waals surface area contributed by atoms with Crippen molar-refractivity contribution in [3.63, 3.8) is 0 Å². The van der Waals surface area contributed by atoms with E-state index in [-0.39, 0.29) is 10.8 Å². The summed E-state index contributed by atoms with van der Waals surface area (Å²) in [5.41, 5.74) is 6.16. The summed E-state index contributed by atoms with van der Waals surface area (Å²) in [6.07, 6.45) is 0. The maximum atomic E-state index is 13.4. The fourth-order valence-electron chi connectivity index (χ4n) is 1.10. The first kappa shape index (κ1) is 12.8. The Balaban J connectivity index is 2.47. The minimum absolute atomic E-state index is 0.194. The van der Waals surface area contributed by atoms with E-state index in [0.717, 1.165) is 5.75 Å². The number of benzene rings is 1. The average molecular weight is 248 g/mol. The van der Waals surface area contributed by atoms with Gasteiger partial charge in [0.1, 0.15) is 5.82 Å². The zero-order chi connectivity index (χ0) is 11.3. The smallest absolute Gasteiger partial charge is 0.145 e. The van der Waals surface area contributed by atoms with Crippen LogP contribution in [0.1, 0.15) is 12.5 Å². The van der Waals surface area contributed by atoms with E-state index in [1.807, 2.05) is 0 Å². The van der Waals surface area contributed by atoms with E-state index >= 15 is 0 Å². The average Bonchev–Trinajstić information content (AvgIpc) is 2.24. The molecular weight excluding hydrogens is 233 g/mol. The molecule has 0 aliphatic carbocycles. The molecule has 0 heterocycles. The van der Waals surface area contributed by atoms with Crippen LogP contribution in [-0.4, -0.2) is 12.3 Å². The number of halogens is 2. The van der Waals surface area contributed by atoms with Crippen molar-refractivity contribution < 1.29 is 4.39 Å². The second-order valence-electron chi connectivity index (χ2n) is 3.57. The van der Waals surface area contributed by atoms with Crippen molar-refractivity contribution in [3.8, 4) is 0 Å². The van der Waals surface area contributed by atoms with Crippen LogP contribution < -0.4 is 5.73 Å². The SMILES string of the molecule is CC(CN)CSCc1cccc(Cl)c1F. The minimum atomic E-state index is -0.299. The maximum absolute atomic E-state index is 13.4. The van der Waals surface area contributed by atoms with Crippen LogP contribution >= 0.6 is 23.4 Å². The molecule has 0 radical (unpaired) electrons. The van der Waals surface area contributed by atoms with Gasteiger partial charge in [-0.3, -0.25) is 0 Å². The van der Waals surface area contributed by atoms with Crippen molar-refractivity contribution in [2.24, 2.45) is 11.7 Å². The second-order valence-corrected chi connectivity index (χ2v) is 5.01. The van der Waals surface area contributed by atoms with Gasteiger partial charge in [-0.25, -0.2) is 4.39 Å². The lowest BCUT2D eigenvalue weighted by Gasteiger charge is -2.08. The molecule has 1 nitrogen and oxygen atoms in total. The molecule has 4 heteroatoms. The van der Waals surface area contributed by atoms with Crippen LogP contribution in [0, 0.1) is 11.7 Å². The molecule has 1 atom stereocenters. The highest BCUT2D eigenvalue weighted by molar-refractivity contribution is 7.98. The predicted molar refractivity (Wildman–Crippen MR) is 65.8 cm³/mol. The van der Waals surface area contributed by atoms with Crippen molar-refractivity contribution in [2.75, 3.05) is 12.3 Å². The molecule has 0 saturated heterocycles. The third-order valence-corrected chi connectivity index (χ3v) is 3.71. The van der Waals surface area contributed by atoms with E-state index < -0.39 is 0 Å². The molecule has 1 aromatic rings. The van der Waals surface area contributed by atoms with Crippen molar-refractivity contribution in [2.45, 2.75) is 12.7 Å². The van der Waals surface area contributed by atoms with E-state index in [4.69, 9.17) is 17.3 Å². The lowest BCUT2D eigenvalue weighted by Crippen LogP contribution is -2.12. The molecular formula is C11H15ClFNS. The normalized spacial score (nSPS) is 12.8. The summed E-state index contributed by atoms with van der Waals surface area (Å²) in [4.78, 5) is 0. The minimum Gasteiger partial charge on any atom is -0.330 e. The first-order valence-corrected chi connectivity index (χ1v) is 6.39. The van der Waals surface area contributed by atoms with Gasteiger partial charge in [0.05, 0.1) is 5.02 Å². The van der Waals surface area contributed by atoms with E-state index in [0.29, 0.717) is 23.8 Å². The van der Waals surface area contributed by atoms with Gasteiger partial charge >= 0.3 is 0 Å². The van der Waals surface area contributed by atoms with Gasteiger partial charge in [-0.15, -0.1) is 0 Å². The number of nitrogens with two attached hydrogens (primary N) is 1. The van der Waals surface area contributed by atoms with Gasteiger partial charge in [0.2, 0.25) is 0 Å². The fourth-order valence-corrected chi connectivity index (χ4v) is 2.39. The Labute approximate surface area is 99.2 Å². The second kappa shape index (κ2) is 6.36. The van der Waals surface area contributed by atoms with Crippen LogP contribution in [0.3, 0.4) is 0 Å². The van der Waals surface area contributed by atoms with E-state index in [9.17, 15) is 4.39 Å². The molecule has 1 unspecified atom stereocenters. The molecule has 84 valence electrons.